The van der Waals surface area contributed by atoms with E-state index in [2.05, 4.69) is 10.3 Å². The highest BCUT2D eigenvalue weighted by molar-refractivity contribution is 7.89. The van der Waals surface area contributed by atoms with E-state index in [-0.39, 0.29) is 4.90 Å². The van der Waals surface area contributed by atoms with Crippen LogP contribution in [0.4, 0.5) is 18.9 Å². The van der Waals surface area contributed by atoms with Gasteiger partial charge >= 0.3 is 6.18 Å². The number of alkyl halides is 3. The van der Waals surface area contributed by atoms with Crippen LogP contribution in [0.2, 0.25) is 0 Å². The van der Waals surface area contributed by atoms with Crippen molar-refractivity contribution in [2.45, 2.75) is 11.1 Å². The number of carbonyl (C=O) groups excluding carboxylic acids is 1. The lowest BCUT2D eigenvalue weighted by molar-refractivity contribution is -0.121. The average Bonchev–Trinajstić information content (AvgIpc) is 2.54. The normalized spacial score (nSPS) is 12.0. The van der Waals surface area contributed by atoms with Gasteiger partial charge in [-0.3, -0.25) is 9.78 Å². The number of benzene rings is 1. The molecule has 0 atom stereocenters. The first-order valence-corrected chi connectivity index (χ1v) is 8.03. The van der Waals surface area contributed by atoms with Gasteiger partial charge in [-0.25, -0.2) is 13.1 Å². The molecule has 128 valence electrons. The summed E-state index contributed by atoms with van der Waals surface area (Å²) in [5.41, 5.74) is 0.597. The van der Waals surface area contributed by atoms with Crippen molar-refractivity contribution >= 4 is 21.6 Å². The van der Waals surface area contributed by atoms with Gasteiger partial charge in [0, 0.05) is 18.1 Å². The molecule has 0 bridgehead atoms. The molecule has 0 radical (unpaired) electrons. The molecular weight excluding hydrogens is 347 g/mol. The van der Waals surface area contributed by atoms with E-state index >= 15 is 0 Å². The van der Waals surface area contributed by atoms with Crippen molar-refractivity contribution in [1.29, 1.82) is 0 Å². The Labute approximate surface area is 135 Å². The van der Waals surface area contributed by atoms with Crippen molar-refractivity contribution < 1.29 is 26.4 Å². The Morgan fingerprint density at radius 1 is 1.12 bits per heavy atom. The quantitative estimate of drug-likeness (QED) is 0.856. The van der Waals surface area contributed by atoms with Crippen LogP contribution in [0.15, 0.2) is 53.7 Å². The first kappa shape index (κ1) is 17.9. The summed E-state index contributed by atoms with van der Waals surface area (Å²) in [6.07, 6.45) is -1.79. The van der Waals surface area contributed by atoms with E-state index in [1.54, 1.807) is 12.1 Å². The zero-order chi connectivity index (χ0) is 17.8. The van der Waals surface area contributed by atoms with Crippen molar-refractivity contribution in [1.82, 2.24) is 9.71 Å². The monoisotopic (exact) mass is 359 g/mol. The number of aromatic nitrogens is 1. The highest BCUT2D eigenvalue weighted by Crippen LogP contribution is 2.17. The molecule has 1 heterocycles. The Morgan fingerprint density at radius 2 is 1.79 bits per heavy atom. The van der Waals surface area contributed by atoms with Crippen molar-refractivity contribution in [2.24, 2.45) is 0 Å². The van der Waals surface area contributed by atoms with Crippen molar-refractivity contribution in [3.63, 3.8) is 0 Å². The van der Waals surface area contributed by atoms with Crippen LogP contribution in [-0.4, -0.2) is 32.0 Å². The molecular formula is C14H12F3N3O3S. The number of hydrogen-bond donors (Lipinski definition) is 2. The zero-order valence-electron chi connectivity index (χ0n) is 12.0. The van der Waals surface area contributed by atoms with E-state index in [0.717, 1.165) is 12.1 Å². The summed E-state index contributed by atoms with van der Waals surface area (Å²) in [5, 5.41) is 2.52. The number of rotatable bonds is 5. The SMILES string of the molecule is O=C(Nc1ccc(S(=O)(=O)NCC(F)(F)F)cc1)c1cccnc1. The van der Waals surface area contributed by atoms with Crippen LogP contribution < -0.4 is 10.0 Å². The van der Waals surface area contributed by atoms with Crippen LogP contribution in [0.25, 0.3) is 0 Å². The molecule has 1 aromatic heterocycles. The summed E-state index contributed by atoms with van der Waals surface area (Å²) in [5.74, 6) is -0.450. The predicted octanol–water partition coefficient (Wildman–Crippen LogP) is 2.17. The van der Waals surface area contributed by atoms with E-state index in [0.29, 0.717) is 11.3 Å². The average molecular weight is 359 g/mol. The first-order chi connectivity index (χ1) is 11.2. The van der Waals surface area contributed by atoms with E-state index < -0.39 is 28.7 Å². The van der Waals surface area contributed by atoms with Gasteiger partial charge in [-0.15, -0.1) is 0 Å². The molecule has 0 saturated carbocycles. The van der Waals surface area contributed by atoms with Crippen LogP contribution in [0.3, 0.4) is 0 Å². The lowest BCUT2D eigenvalue weighted by atomic mass is 10.2. The lowest BCUT2D eigenvalue weighted by Gasteiger charge is -2.10. The number of nitrogens with zero attached hydrogens (tertiary/aromatic N) is 1. The molecule has 2 rings (SSSR count). The smallest absolute Gasteiger partial charge is 0.322 e. The Balaban J connectivity index is 2.06. The topological polar surface area (TPSA) is 88.2 Å². The summed E-state index contributed by atoms with van der Waals surface area (Å²) in [7, 11) is -4.28. The minimum absolute atomic E-state index is 0.290. The maximum absolute atomic E-state index is 12.1. The molecule has 0 spiro atoms. The van der Waals surface area contributed by atoms with Crippen molar-refractivity contribution in [2.75, 3.05) is 11.9 Å². The number of hydrogen-bond acceptors (Lipinski definition) is 4. The molecule has 1 amide bonds. The summed E-state index contributed by atoms with van der Waals surface area (Å²) in [6.45, 7) is -1.66. The Kier molecular flexibility index (Phi) is 5.20. The van der Waals surface area contributed by atoms with Gasteiger partial charge in [0.25, 0.3) is 5.91 Å². The van der Waals surface area contributed by atoms with Gasteiger partial charge in [-0.05, 0) is 36.4 Å². The Hall–Kier alpha value is -2.46. The second kappa shape index (κ2) is 6.97. The third-order valence-electron chi connectivity index (χ3n) is 2.81. The minimum Gasteiger partial charge on any atom is -0.322 e. The van der Waals surface area contributed by atoms with E-state index in [9.17, 15) is 26.4 Å². The molecule has 0 aliphatic carbocycles. The second-order valence-electron chi connectivity index (χ2n) is 4.66. The first-order valence-electron chi connectivity index (χ1n) is 6.55. The lowest BCUT2D eigenvalue weighted by Crippen LogP contribution is -2.33. The highest BCUT2D eigenvalue weighted by Gasteiger charge is 2.30. The molecule has 0 aliphatic rings. The number of nitrogens with one attached hydrogen (secondary N) is 2. The summed E-state index contributed by atoms with van der Waals surface area (Å²) in [4.78, 5) is 15.4. The second-order valence-corrected chi connectivity index (χ2v) is 6.43. The molecule has 2 N–H and O–H groups in total. The molecule has 0 unspecified atom stereocenters. The van der Waals surface area contributed by atoms with E-state index in [4.69, 9.17) is 0 Å². The molecule has 10 heteroatoms. The Bertz CT molecular complexity index is 807. The third-order valence-corrected chi connectivity index (χ3v) is 4.23. The standard InChI is InChI=1S/C14H12F3N3O3S/c15-14(16,17)9-19-24(22,23)12-5-3-11(4-6-12)20-13(21)10-2-1-7-18-8-10/h1-8,19H,9H2,(H,20,21). The van der Waals surface area contributed by atoms with E-state index in [1.165, 1.54) is 29.2 Å². The summed E-state index contributed by atoms with van der Waals surface area (Å²) in [6, 6.07) is 7.86. The fourth-order valence-corrected chi connectivity index (χ4v) is 2.69. The molecule has 0 saturated heterocycles. The predicted molar refractivity (Wildman–Crippen MR) is 79.9 cm³/mol. The van der Waals surface area contributed by atoms with E-state index in [1.807, 2.05) is 0 Å². The van der Waals surface area contributed by atoms with Gasteiger partial charge in [0.2, 0.25) is 10.0 Å². The maximum atomic E-state index is 12.1. The number of carbonyl (C=O) groups is 1. The number of sulfonamides is 1. The summed E-state index contributed by atoms with van der Waals surface area (Å²) >= 11 is 0. The maximum Gasteiger partial charge on any atom is 0.402 e. The number of pyridine rings is 1. The summed E-state index contributed by atoms with van der Waals surface area (Å²) < 4.78 is 61.2. The number of halogens is 3. The van der Waals surface area contributed by atoms with Gasteiger partial charge in [0.15, 0.2) is 0 Å². The molecule has 24 heavy (non-hydrogen) atoms. The molecule has 2 aromatic rings. The molecule has 0 fully saturated rings. The van der Waals surface area contributed by atoms with Gasteiger partial charge in [-0.2, -0.15) is 13.2 Å². The molecule has 6 nitrogen and oxygen atoms in total. The van der Waals surface area contributed by atoms with Gasteiger partial charge in [-0.1, -0.05) is 0 Å². The van der Waals surface area contributed by atoms with Gasteiger partial charge in [0.05, 0.1) is 10.5 Å². The van der Waals surface area contributed by atoms with Gasteiger partial charge < -0.3 is 5.32 Å². The Morgan fingerprint density at radius 3 is 2.33 bits per heavy atom. The molecule has 0 aliphatic heterocycles. The number of amides is 1. The number of anilines is 1. The van der Waals surface area contributed by atoms with Crippen molar-refractivity contribution in [3.05, 3.63) is 54.4 Å². The molecule has 1 aromatic carbocycles. The fourth-order valence-electron chi connectivity index (χ4n) is 1.68. The van der Waals surface area contributed by atoms with Gasteiger partial charge in [0.1, 0.15) is 6.54 Å². The zero-order valence-corrected chi connectivity index (χ0v) is 12.9. The van der Waals surface area contributed by atoms with Crippen LogP contribution >= 0.6 is 0 Å². The van der Waals surface area contributed by atoms with Crippen LogP contribution in [0.5, 0.6) is 0 Å². The highest BCUT2D eigenvalue weighted by atomic mass is 32.2. The minimum atomic E-state index is -4.65. The van der Waals surface area contributed by atoms with Crippen LogP contribution in [-0.2, 0) is 10.0 Å². The van der Waals surface area contributed by atoms with Crippen molar-refractivity contribution in [3.8, 4) is 0 Å². The third kappa shape index (κ3) is 5.03. The largest absolute Gasteiger partial charge is 0.402 e. The van der Waals surface area contributed by atoms with Crippen LogP contribution in [0.1, 0.15) is 10.4 Å². The van der Waals surface area contributed by atoms with Crippen LogP contribution in [0, 0.1) is 0 Å². The fraction of sp³-hybridized carbons (Fsp3) is 0.143.